The lowest BCUT2D eigenvalue weighted by Crippen LogP contribution is -2.09. The third kappa shape index (κ3) is 1.76. The Kier molecular flexibility index (Phi) is 2.25. The number of nitrogens with one attached hydrogen (secondary N) is 1. The average molecular weight is 201 g/mol. The van der Waals surface area contributed by atoms with Gasteiger partial charge in [-0.1, -0.05) is 6.92 Å². The molecule has 1 aromatic rings. The van der Waals surface area contributed by atoms with E-state index in [-0.39, 0.29) is 18.8 Å². The molecule has 0 saturated heterocycles. The normalized spacial score (nSPS) is 25.5. The van der Waals surface area contributed by atoms with Gasteiger partial charge in [0.2, 0.25) is 5.92 Å². The second-order valence-corrected chi connectivity index (χ2v) is 3.79. The third-order valence-corrected chi connectivity index (χ3v) is 2.65. The Bertz CT molecular complexity index is 322. The maximum Gasteiger partial charge on any atom is 0.248 e. The van der Waals surface area contributed by atoms with Crippen LogP contribution in [0.3, 0.4) is 0 Å². The smallest absolute Gasteiger partial charge is 0.248 e. The van der Waals surface area contributed by atoms with Gasteiger partial charge < -0.3 is 0 Å². The SMILES string of the molecule is CCc1nc(C2CCC(F)(F)C2)n[nH]1. The van der Waals surface area contributed by atoms with Gasteiger partial charge >= 0.3 is 0 Å². The van der Waals surface area contributed by atoms with E-state index < -0.39 is 5.92 Å². The van der Waals surface area contributed by atoms with Crippen molar-refractivity contribution in [2.75, 3.05) is 0 Å². The Morgan fingerprint density at radius 2 is 2.36 bits per heavy atom. The highest BCUT2D eigenvalue weighted by Crippen LogP contribution is 2.42. The zero-order valence-electron chi connectivity index (χ0n) is 8.06. The first-order valence-electron chi connectivity index (χ1n) is 4.90. The molecule has 78 valence electrons. The molecule has 1 fully saturated rings. The standard InChI is InChI=1S/C9H13F2N3/c1-2-7-12-8(14-13-7)6-3-4-9(10,11)5-6/h6H,2-5H2,1H3,(H,12,13,14). The molecular formula is C9H13F2N3. The van der Waals surface area contributed by atoms with Gasteiger partial charge in [0.1, 0.15) is 5.82 Å². The van der Waals surface area contributed by atoms with Gasteiger partial charge in [0.05, 0.1) is 0 Å². The number of rotatable bonds is 2. The quantitative estimate of drug-likeness (QED) is 0.797. The zero-order chi connectivity index (χ0) is 10.2. The first kappa shape index (κ1) is 9.55. The summed E-state index contributed by atoms with van der Waals surface area (Å²) in [5, 5.41) is 6.72. The Balaban J connectivity index is 2.09. The van der Waals surface area contributed by atoms with Crippen LogP contribution in [0.15, 0.2) is 0 Å². The van der Waals surface area contributed by atoms with E-state index in [1.165, 1.54) is 0 Å². The minimum Gasteiger partial charge on any atom is -0.263 e. The minimum atomic E-state index is -2.52. The van der Waals surface area contributed by atoms with Gasteiger partial charge in [-0.15, -0.1) is 0 Å². The number of halogens is 2. The monoisotopic (exact) mass is 201 g/mol. The second kappa shape index (κ2) is 3.29. The van der Waals surface area contributed by atoms with Crippen molar-refractivity contribution in [3.8, 4) is 0 Å². The Hall–Kier alpha value is -1.00. The van der Waals surface area contributed by atoms with E-state index in [4.69, 9.17) is 0 Å². The first-order valence-corrected chi connectivity index (χ1v) is 4.90. The molecule has 0 aromatic carbocycles. The number of aromatic amines is 1. The molecule has 0 radical (unpaired) electrons. The van der Waals surface area contributed by atoms with Crippen molar-refractivity contribution in [1.82, 2.24) is 15.2 Å². The molecule has 1 aliphatic rings. The van der Waals surface area contributed by atoms with Crippen molar-refractivity contribution in [3.63, 3.8) is 0 Å². The highest BCUT2D eigenvalue weighted by Gasteiger charge is 2.41. The molecule has 1 aliphatic carbocycles. The number of aryl methyl sites for hydroxylation is 1. The Morgan fingerprint density at radius 3 is 2.86 bits per heavy atom. The highest BCUT2D eigenvalue weighted by molar-refractivity contribution is 5.03. The summed E-state index contributed by atoms with van der Waals surface area (Å²) in [6.45, 7) is 1.95. The molecule has 2 rings (SSSR count). The van der Waals surface area contributed by atoms with Crippen LogP contribution in [0.25, 0.3) is 0 Å². The van der Waals surface area contributed by atoms with Crippen LogP contribution in [0.4, 0.5) is 8.78 Å². The minimum absolute atomic E-state index is 0.0341. The number of nitrogens with zero attached hydrogens (tertiary/aromatic N) is 2. The summed E-state index contributed by atoms with van der Waals surface area (Å²) in [6.07, 6.45) is 1.12. The summed E-state index contributed by atoms with van der Waals surface area (Å²) in [4.78, 5) is 4.18. The average Bonchev–Trinajstić information content (AvgIpc) is 2.70. The van der Waals surface area contributed by atoms with Gasteiger partial charge in [-0.3, -0.25) is 5.10 Å². The summed E-state index contributed by atoms with van der Waals surface area (Å²) >= 11 is 0. The van der Waals surface area contributed by atoms with Crippen LogP contribution in [-0.2, 0) is 6.42 Å². The molecule has 14 heavy (non-hydrogen) atoms. The van der Waals surface area contributed by atoms with E-state index in [2.05, 4.69) is 15.2 Å². The maximum absolute atomic E-state index is 12.9. The summed E-state index contributed by atoms with van der Waals surface area (Å²) in [6, 6.07) is 0. The number of hydrogen-bond acceptors (Lipinski definition) is 2. The van der Waals surface area contributed by atoms with Crippen LogP contribution in [0, 0.1) is 0 Å². The van der Waals surface area contributed by atoms with Gasteiger partial charge in [-0.05, 0) is 6.42 Å². The summed E-state index contributed by atoms with van der Waals surface area (Å²) in [5.74, 6) is -1.35. The summed E-state index contributed by atoms with van der Waals surface area (Å²) in [7, 11) is 0. The predicted molar refractivity (Wildman–Crippen MR) is 47.3 cm³/mol. The van der Waals surface area contributed by atoms with Gasteiger partial charge in [0.25, 0.3) is 0 Å². The number of aromatic nitrogens is 3. The van der Waals surface area contributed by atoms with Crippen LogP contribution in [0.1, 0.15) is 43.8 Å². The van der Waals surface area contributed by atoms with Crippen LogP contribution in [0.5, 0.6) is 0 Å². The molecular weight excluding hydrogens is 188 g/mol. The Morgan fingerprint density at radius 1 is 1.57 bits per heavy atom. The third-order valence-electron chi connectivity index (χ3n) is 2.65. The number of alkyl halides is 2. The molecule has 1 aromatic heterocycles. The predicted octanol–water partition coefficient (Wildman–Crippen LogP) is 2.27. The van der Waals surface area contributed by atoms with E-state index in [1.54, 1.807) is 0 Å². The fraction of sp³-hybridized carbons (Fsp3) is 0.778. The van der Waals surface area contributed by atoms with Gasteiger partial charge in [0.15, 0.2) is 5.82 Å². The topological polar surface area (TPSA) is 41.6 Å². The van der Waals surface area contributed by atoms with Crippen LogP contribution in [0.2, 0.25) is 0 Å². The van der Waals surface area contributed by atoms with Crippen LogP contribution >= 0.6 is 0 Å². The van der Waals surface area contributed by atoms with Gasteiger partial charge in [-0.2, -0.15) is 5.10 Å². The van der Waals surface area contributed by atoms with Crippen molar-refractivity contribution in [2.45, 2.75) is 44.4 Å². The molecule has 0 aliphatic heterocycles. The van der Waals surface area contributed by atoms with Crippen molar-refractivity contribution < 1.29 is 8.78 Å². The molecule has 1 atom stereocenters. The summed E-state index contributed by atoms with van der Waals surface area (Å²) in [5.41, 5.74) is 0. The molecule has 1 N–H and O–H groups in total. The highest BCUT2D eigenvalue weighted by atomic mass is 19.3. The number of hydrogen-bond donors (Lipinski definition) is 1. The summed E-state index contributed by atoms with van der Waals surface area (Å²) < 4.78 is 25.8. The lowest BCUT2D eigenvalue weighted by atomic mass is 10.1. The van der Waals surface area contributed by atoms with E-state index in [0.29, 0.717) is 12.2 Å². The molecule has 5 heteroatoms. The number of H-pyrrole nitrogens is 1. The molecule has 1 unspecified atom stereocenters. The van der Waals surface area contributed by atoms with Crippen molar-refractivity contribution in [1.29, 1.82) is 0 Å². The maximum atomic E-state index is 12.9. The zero-order valence-corrected chi connectivity index (χ0v) is 8.06. The van der Waals surface area contributed by atoms with E-state index >= 15 is 0 Å². The molecule has 3 nitrogen and oxygen atoms in total. The molecule has 1 heterocycles. The van der Waals surface area contributed by atoms with Gasteiger partial charge in [0, 0.05) is 25.2 Å². The lowest BCUT2D eigenvalue weighted by molar-refractivity contribution is 0.00755. The van der Waals surface area contributed by atoms with Crippen LogP contribution < -0.4 is 0 Å². The van der Waals surface area contributed by atoms with Gasteiger partial charge in [-0.25, -0.2) is 13.8 Å². The van der Waals surface area contributed by atoms with Crippen molar-refractivity contribution in [2.24, 2.45) is 0 Å². The Labute approximate surface area is 80.9 Å². The fourth-order valence-corrected chi connectivity index (χ4v) is 1.82. The molecule has 0 spiro atoms. The lowest BCUT2D eigenvalue weighted by Gasteiger charge is -2.06. The first-order chi connectivity index (χ1) is 6.61. The molecule has 0 amide bonds. The van der Waals surface area contributed by atoms with E-state index in [9.17, 15) is 8.78 Å². The largest absolute Gasteiger partial charge is 0.263 e. The van der Waals surface area contributed by atoms with E-state index in [1.807, 2.05) is 6.92 Å². The molecule has 0 bridgehead atoms. The fourth-order valence-electron chi connectivity index (χ4n) is 1.82. The van der Waals surface area contributed by atoms with Crippen molar-refractivity contribution >= 4 is 0 Å². The van der Waals surface area contributed by atoms with Crippen molar-refractivity contribution in [3.05, 3.63) is 11.6 Å². The van der Waals surface area contributed by atoms with E-state index in [0.717, 1.165) is 12.2 Å². The molecule has 1 saturated carbocycles. The van der Waals surface area contributed by atoms with Crippen LogP contribution in [-0.4, -0.2) is 21.1 Å². The second-order valence-electron chi connectivity index (χ2n) is 3.79.